The standard InChI is InChI=1S/C26H39N3O4S/c1-5-24(30)27-22-8-6-7-17-29(18-22)34(32,33)23-15-13-21(14-16-23)28-25(31)19-9-11-20(12-10-19)26(2,3)4/h5,13-16,19-20,22H,1,6-12,17-18H2,2-4H3,(H,27,30)(H,28,31). The van der Waals surface area contributed by atoms with Gasteiger partial charge in [0, 0.05) is 30.7 Å². The van der Waals surface area contributed by atoms with Crippen LogP contribution in [0.5, 0.6) is 0 Å². The van der Waals surface area contributed by atoms with Crippen molar-refractivity contribution in [3.05, 3.63) is 36.9 Å². The molecule has 3 rings (SSSR count). The van der Waals surface area contributed by atoms with Gasteiger partial charge in [-0.05, 0) is 80.2 Å². The van der Waals surface area contributed by atoms with Crippen molar-refractivity contribution in [1.29, 1.82) is 0 Å². The van der Waals surface area contributed by atoms with E-state index < -0.39 is 10.0 Å². The molecule has 0 aromatic heterocycles. The number of nitrogens with one attached hydrogen (secondary N) is 2. The van der Waals surface area contributed by atoms with Crippen molar-refractivity contribution >= 4 is 27.5 Å². The molecule has 1 unspecified atom stereocenters. The Morgan fingerprint density at radius 2 is 1.68 bits per heavy atom. The molecule has 188 valence electrons. The third-order valence-electron chi connectivity index (χ3n) is 7.25. The van der Waals surface area contributed by atoms with E-state index in [4.69, 9.17) is 0 Å². The molecule has 1 heterocycles. The zero-order valence-electron chi connectivity index (χ0n) is 20.7. The summed E-state index contributed by atoms with van der Waals surface area (Å²) in [7, 11) is -3.70. The first-order chi connectivity index (χ1) is 16.0. The van der Waals surface area contributed by atoms with E-state index >= 15 is 0 Å². The minimum atomic E-state index is -3.70. The predicted molar refractivity (Wildman–Crippen MR) is 135 cm³/mol. The normalized spacial score (nSPS) is 24.6. The van der Waals surface area contributed by atoms with Crippen LogP contribution in [0.2, 0.25) is 0 Å². The van der Waals surface area contributed by atoms with E-state index in [2.05, 4.69) is 38.0 Å². The number of anilines is 1. The smallest absolute Gasteiger partial charge is 0.243 e. The van der Waals surface area contributed by atoms with E-state index in [-0.39, 0.29) is 40.6 Å². The summed E-state index contributed by atoms with van der Waals surface area (Å²) in [5.41, 5.74) is 0.877. The summed E-state index contributed by atoms with van der Waals surface area (Å²) in [5, 5.41) is 5.79. The van der Waals surface area contributed by atoms with Gasteiger partial charge in [0.2, 0.25) is 21.8 Å². The van der Waals surface area contributed by atoms with Crippen molar-refractivity contribution in [3.63, 3.8) is 0 Å². The molecular formula is C26H39N3O4S. The van der Waals surface area contributed by atoms with Crippen LogP contribution in [0.15, 0.2) is 41.8 Å². The molecule has 7 nitrogen and oxygen atoms in total. The topological polar surface area (TPSA) is 95.6 Å². The van der Waals surface area contributed by atoms with Crippen LogP contribution in [0.3, 0.4) is 0 Å². The third-order valence-corrected chi connectivity index (χ3v) is 9.13. The summed E-state index contributed by atoms with van der Waals surface area (Å²) in [6, 6.07) is 6.16. The number of hydrogen-bond donors (Lipinski definition) is 2. The molecule has 1 aromatic rings. The summed E-state index contributed by atoms with van der Waals surface area (Å²) < 4.78 is 27.9. The number of sulfonamides is 1. The highest BCUT2D eigenvalue weighted by Crippen LogP contribution is 2.40. The fourth-order valence-electron chi connectivity index (χ4n) is 5.03. The lowest BCUT2D eigenvalue weighted by Gasteiger charge is -2.36. The van der Waals surface area contributed by atoms with Gasteiger partial charge in [0.25, 0.3) is 0 Å². The number of benzene rings is 1. The molecule has 1 aliphatic carbocycles. The maximum Gasteiger partial charge on any atom is 0.243 e. The van der Waals surface area contributed by atoms with Crippen molar-refractivity contribution in [2.24, 2.45) is 17.3 Å². The SMILES string of the molecule is C=CC(=O)NC1CCCCN(S(=O)(=O)c2ccc(NC(=O)C3CCC(C(C)(C)C)CC3)cc2)C1. The molecule has 0 radical (unpaired) electrons. The minimum Gasteiger partial charge on any atom is -0.349 e. The molecule has 2 N–H and O–H groups in total. The largest absolute Gasteiger partial charge is 0.349 e. The fraction of sp³-hybridized carbons (Fsp3) is 0.615. The zero-order chi connectivity index (χ0) is 24.9. The summed E-state index contributed by atoms with van der Waals surface area (Å²) in [4.78, 5) is 24.6. The zero-order valence-corrected chi connectivity index (χ0v) is 21.5. The van der Waals surface area contributed by atoms with Crippen LogP contribution in [0.25, 0.3) is 0 Å². The lowest BCUT2D eigenvalue weighted by molar-refractivity contribution is -0.121. The van der Waals surface area contributed by atoms with Crippen LogP contribution in [0.4, 0.5) is 5.69 Å². The molecule has 0 bridgehead atoms. The molecule has 1 aliphatic heterocycles. The van der Waals surface area contributed by atoms with Gasteiger partial charge < -0.3 is 10.6 Å². The van der Waals surface area contributed by atoms with Gasteiger partial charge in [0.05, 0.1) is 4.90 Å². The summed E-state index contributed by atoms with van der Waals surface area (Å²) in [6.45, 7) is 10.9. The Balaban J connectivity index is 1.61. The third kappa shape index (κ3) is 6.69. The quantitative estimate of drug-likeness (QED) is 0.582. The van der Waals surface area contributed by atoms with Crippen molar-refractivity contribution in [3.8, 4) is 0 Å². The highest BCUT2D eigenvalue weighted by Gasteiger charge is 2.33. The highest BCUT2D eigenvalue weighted by molar-refractivity contribution is 7.89. The Labute approximate surface area is 204 Å². The van der Waals surface area contributed by atoms with Crippen LogP contribution in [-0.4, -0.2) is 43.7 Å². The second-order valence-corrected chi connectivity index (χ2v) is 12.6. The number of amides is 2. The fourth-order valence-corrected chi connectivity index (χ4v) is 6.55. The van der Waals surface area contributed by atoms with E-state index in [9.17, 15) is 18.0 Å². The van der Waals surface area contributed by atoms with E-state index in [0.29, 0.717) is 18.2 Å². The van der Waals surface area contributed by atoms with Crippen LogP contribution in [0, 0.1) is 17.3 Å². The van der Waals surface area contributed by atoms with Gasteiger partial charge in [-0.25, -0.2) is 8.42 Å². The van der Waals surface area contributed by atoms with Crippen LogP contribution < -0.4 is 10.6 Å². The van der Waals surface area contributed by atoms with E-state index in [1.807, 2.05) is 0 Å². The number of rotatable bonds is 6. The van der Waals surface area contributed by atoms with Gasteiger partial charge in [-0.3, -0.25) is 9.59 Å². The van der Waals surface area contributed by atoms with Crippen molar-refractivity contribution in [2.75, 3.05) is 18.4 Å². The summed E-state index contributed by atoms with van der Waals surface area (Å²) >= 11 is 0. The second-order valence-electron chi connectivity index (χ2n) is 10.7. The maximum absolute atomic E-state index is 13.2. The second kappa shape index (κ2) is 11.0. The molecule has 1 saturated heterocycles. The average Bonchev–Trinajstić information content (AvgIpc) is 3.05. The number of carbonyl (C=O) groups is 2. The molecule has 2 fully saturated rings. The summed E-state index contributed by atoms with van der Waals surface area (Å²) in [6.07, 6.45) is 7.41. The molecule has 2 aliphatic rings. The first kappa shape index (κ1) is 26.4. The Morgan fingerprint density at radius 3 is 2.26 bits per heavy atom. The predicted octanol–water partition coefficient (Wildman–Crippen LogP) is 4.32. The monoisotopic (exact) mass is 489 g/mol. The van der Waals surface area contributed by atoms with E-state index in [0.717, 1.165) is 44.9 Å². The van der Waals surface area contributed by atoms with Gasteiger partial charge in [0.15, 0.2) is 0 Å². The van der Waals surface area contributed by atoms with Crippen LogP contribution >= 0.6 is 0 Å². The van der Waals surface area contributed by atoms with Crippen molar-refractivity contribution in [2.45, 2.75) is 76.7 Å². The number of carbonyl (C=O) groups excluding carboxylic acids is 2. The Hall–Kier alpha value is -2.19. The molecule has 0 spiro atoms. The number of hydrogen-bond acceptors (Lipinski definition) is 4. The van der Waals surface area contributed by atoms with Gasteiger partial charge in [-0.15, -0.1) is 0 Å². The molecule has 1 atom stereocenters. The lowest BCUT2D eigenvalue weighted by atomic mass is 9.69. The molecular weight excluding hydrogens is 450 g/mol. The minimum absolute atomic E-state index is 0.00168. The maximum atomic E-state index is 13.2. The molecule has 34 heavy (non-hydrogen) atoms. The number of nitrogens with zero attached hydrogens (tertiary/aromatic N) is 1. The first-order valence-electron chi connectivity index (χ1n) is 12.3. The molecule has 8 heteroatoms. The van der Waals surface area contributed by atoms with Crippen molar-refractivity contribution in [1.82, 2.24) is 9.62 Å². The van der Waals surface area contributed by atoms with E-state index in [1.165, 1.54) is 10.4 Å². The Bertz CT molecular complexity index is 974. The van der Waals surface area contributed by atoms with Gasteiger partial charge >= 0.3 is 0 Å². The Kier molecular flexibility index (Phi) is 8.57. The van der Waals surface area contributed by atoms with Gasteiger partial charge in [-0.2, -0.15) is 4.31 Å². The summed E-state index contributed by atoms with van der Waals surface area (Å²) in [5.74, 6) is 0.360. The highest BCUT2D eigenvalue weighted by atomic mass is 32.2. The lowest BCUT2D eigenvalue weighted by Crippen LogP contribution is -2.44. The molecule has 1 saturated carbocycles. The van der Waals surface area contributed by atoms with Gasteiger partial charge in [-0.1, -0.05) is 33.8 Å². The molecule has 2 amide bonds. The van der Waals surface area contributed by atoms with Crippen molar-refractivity contribution < 1.29 is 18.0 Å². The van der Waals surface area contributed by atoms with E-state index in [1.54, 1.807) is 24.3 Å². The first-order valence-corrected chi connectivity index (χ1v) is 13.8. The Morgan fingerprint density at radius 1 is 1.03 bits per heavy atom. The van der Waals surface area contributed by atoms with Crippen LogP contribution in [-0.2, 0) is 19.6 Å². The van der Waals surface area contributed by atoms with Gasteiger partial charge in [0.1, 0.15) is 0 Å². The molecule has 1 aromatic carbocycles. The average molecular weight is 490 g/mol. The van der Waals surface area contributed by atoms with Crippen LogP contribution in [0.1, 0.15) is 65.7 Å².